The Labute approximate surface area is 136 Å². The average molecular weight is 318 g/mol. The molecule has 0 aromatic heterocycles. The summed E-state index contributed by atoms with van der Waals surface area (Å²) in [6, 6.07) is 9.70. The Hall–Kier alpha value is -1.99. The van der Waals surface area contributed by atoms with Gasteiger partial charge in [-0.3, -0.25) is 4.79 Å². The van der Waals surface area contributed by atoms with E-state index in [0.717, 1.165) is 24.9 Å². The maximum atomic E-state index is 12.2. The molecule has 1 saturated heterocycles. The lowest BCUT2D eigenvalue weighted by Crippen LogP contribution is -2.34. The molecular weight excluding hydrogens is 298 g/mol. The van der Waals surface area contributed by atoms with Gasteiger partial charge in [0.05, 0.1) is 0 Å². The van der Waals surface area contributed by atoms with Crippen LogP contribution in [0.4, 0.5) is 0 Å². The summed E-state index contributed by atoms with van der Waals surface area (Å²) < 4.78 is 0. The molecule has 1 fully saturated rings. The minimum Gasteiger partial charge on any atom is -0.373 e. The quantitative estimate of drug-likeness (QED) is 0.685. The van der Waals surface area contributed by atoms with Crippen molar-refractivity contribution in [2.24, 2.45) is 0 Å². The third-order valence-corrected chi connectivity index (χ3v) is 4.28. The minimum absolute atomic E-state index is 0.140. The summed E-state index contributed by atoms with van der Waals surface area (Å²) in [6.45, 7) is 3.32. The normalized spacial score (nSPS) is 18.7. The fourth-order valence-electron chi connectivity index (χ4n) is 2.53. The Morgan fingerprint density at radius 1 is 1.50 bits per heavy atom. The van der Waals surface area contributed by atoms with E-state index in [0.29, 0.717) is 17.6 Å². The summed E-state index contributed by atoms with van der Waals surface area (Å²) in [7, 11) is 0. The van der Waals surface area contributed by atoms with Crippen LogP contribution in [0.3, 0.4) is 0 Å². The highest BCUT2D eigenvalue weighted by molar-refractivity contribution is 6.31. The van der Waals surface area contributed by atoms with Crippen LogP contribution in [0.15, 0.2) is 36.0 Å². The zero-order valence-corrected chi connectivity index (χ0v) is 13.4. The number of nitrogens with one attached hydrogen (secondary N) is 1. The number of carbonyl (C=O) groups is 1. The lowest BCUT2D eigenvalue weighted by atomic mass is 10.0. The lowest BCUT2D eigenvalue weighted by Gasteiger charge is -2.32. The van der Waals surface area contributed by atoms with Gasteiger partial charge in [-0.15, -0.1) is 0 Å². The largest absolute Gasteiger partial charge is 0.373 e. The molecule has 1 heterocycles. The van der Waals surface area contributed by atoms with Crippen molar-refractivity contribution in [2.45, 2.75) is 38.8 Å². The number of piperidine rings is 1. The van der Waals surface area contributed by atoms with Crippen molar-refractivity contribution in [3.8, 4) is 6.07 Å². The Balaban J connectivity index is 2.00. The number of carbonyl (C=O) groups excluding carboxylic acids is 1. The van der Waals surface area contributed by atoms with Crippen LogP contribution in [0, 0.1) is 11.3 Å². The van der Waals surface area contributed by atoms with Gasteiger partial charge >= 0.3 is 0 Å². The van der Waals surface area contributed by atoms with E-state index in [1.165, 1.54) is 6.42 Å². The molecule has 1 aliphatic rings. The second-order valence-electron chi connectivity index (χ2n) is 5.51. The SMILES string of the molecule is CC1CCCCN1/C=C(/C#N)C(=O)NCc1ccccc1Cl. The zero-order chi connectivity index (χ0) is 15.9. The molecule has 0 bridgehead atoms. The van der Waals surface area contributed by atoms with Crippen molar-refractivity contribution >= 4 is 17.5 Å². The van der Waals surface area contributed by atoms with Crippen LogP contribution in [-0.4, -0.2) is 23.4 Å². The number of benzene rings is 1. The molecule has 22 heavy (non-hydrogen) atoms. The fourth-order valence-corrected chi connectivity index (χ4v) is 2.73. The molecule has 1 unspecified atom stereocenters. The van der Waals surface area contributed by atoms with Gasteiger partial charge in [-0.25, -0.2) is 0 Å². The van der Waals surface area contributed by atoms with Gasteiger partial charge in [-0.2, -0.15) is 5.26 Å². The first-order chi connectivity index (χ1) is 10.6. The molecule has 4 nitrogen and oxygen atoms in total. The summed E-state index contributed by atoms with van der Waals surface area (Å²) in [5.74, 6) is -0.361. The highest BCUT2D eigenvalue weighted by Crippen LogP contribution is 2.18. The van der Waals surface area contributed by atoms with Crippen molar-refractivity contribution < 1.29 is 4.79 Å². The standard InChI is InChI=1S/C17H20ClN3O/c1-13-6-4-5-9-21(13)12-15(10-19)17(22)20-11-14-7-2-3-8-16(14)18/h2-3,7-8,12-13H,4-6,9,11H2,1H3,(H,20,22)/b15-12-. The Morgan fingerprint density at radius 3 is 2.95 bits per heavy atom. The number of likely N-dealkylation sites (tertiary alicyclic amines) is 1. The van der Waals surface area contributed by atoms with E-state index in [9.17, 15) is 10.1 Å². The predicted octanol–water partition coefficient (Wildman–Crippen LogP) is 3.24. The molecule has 1 amide bonds. The molecule has 2 rings (SSSR count). The van der Waals surface area contributed by atoms with E-state index < -0.39 is 0 Å². The molecule has 0 aliphatic carbocycles. The molecule has 1 aliphatic heterocycles. The van der Waals surface area contributed by atoms with Gasteiger partial charge in [0.25, 0.3) is 5.91 Å². The van der Waals surface area contributed by atoms with Gasteiger partial charge in [0.1, 0.15) is 11.6 Å². The lowest BCUT2D eigenvalue weighted by molar-refractivity contribution is -0.117. The monoisotopic (exact) mass is 317 g/mol. The second-order valence-corrected chi connectivity index (χ2v) is 5.92. The number of hydrogen-bond acceptors (Lipinski definition) is 3. The van der Waals surface area contributed by atoms with Crippen molar-refractivity contribution in [1.82, 2.24) is 10.2 Å². The maximum Gasteiger partial charge on any atom is 0.263 e. The topological polar surface area (TPSA) is 56.1 Å². The van der Waals surface area contributed by atoms with E-state index in [1.54, 1.807) is 12.3 Å². The van der Waals surface area contributed by atoms with Gasteiger partial charge in [0.15, 0.2) is 0 Å². The molecule has 0 radical (unpaired) electrons. The Morgan fingerprint density at radius 2 is 2.27 bits per heavy atom. The van der Waals surface area contributed by atoms with E-state index in [1.807, 2.05) is 24.3 Å². The van der Waals surface area contributed by atoms with Crippen LogP contribution in [0.2, 0.25) is 5.02 Å². The van der Waals surface area contributed by atoms with Crippen molar-refractivity contribution in [2.75, 3.05) is 6.54 Å². The summed E-state index contributed by atoms with van der Waals surface area (Å²) in [4.78, 5) is 14.2. The number of nitriles is 1. The average Bonchev–Trinajstić information content (AvgIpc) is 2.53. The number of nitrogens with zero attached hydrogens (tertiary/aromatic N) is 2. The molecule has 1 aromatic rings. The van der Waals surface area contributed by atoms with Crippen molar-refractivity contribution in [3.63, 3.8) is 0 Å². The predicted molar refractivity (Wildman–Crippen MR) is 87.0 cm³/mol. The zero-order valence-electron chi connectivity index (χ0n) is 12.7. The number of amides is 1. The Kier molecular flexibility index (Phi) is 5.85. The molecule has 1 aromatic carbocycles. The molecule has 5 heteroatoms. The van der Waals surface area contributed by atoms with E-state index in [4.69, 9.17) is 11.6 Å². The van der Waals surface area contributed by atoms with Gasteiger partial charge in [0.2, 0.25) is 0 Å². The third kappa shape index (κ3) is 4.25. The van der Waals surface area contributed by atoms with Crippen LogP contribution in [0.25, 0.3) is 0 Å². The molecule has 116 valence electrons. The third-order valence-electron chi connectivity index (χ3n) is 3.91. The van der Waals surface area contributed by atoms with Gasteiger partial charge < -0.3 is 10.2 Å². The van der Waals surface area contributed by atoms with E-state index in [2.05, 4.69) is 17.1 Å². The van der Waals surface area contributed by atoms with Crippen LogP contribution in [0.5, 0.6) is 0 Å². The first kappa shape index (κ1) is 16.4. The number of hydrogen-bond donors (Lipinski definition) is 1. The Bertz CT molecular complexity index is 606. The molecule has 0 saturated carbocycles. The van der Waals surface area contributed by atoms with Crippen LogP contribution in [-0.2, 0) is 11.3 Å². The minimum atomic E-state index is -0.361. The second kappa shape index (κ2) is 7.86. The summed E-state index contributed by atoms with van der Waals surface area (Å²) in [5, 5.41) is 12.6. The highest BCUT2D eigenvalue weighted by Gasteiger charge is 2.18. The van der Waals surface area contributed by atoms with Crippen LogP contribution >= 0.6 is 11.6 Å². The van der Waals surface area contributed by atoms with Gasteiger partial charge in [-0.05, 0) is 37.8 Å². The van der Waals surface area contributed by atoms with E-state index >= 15 is 0 Å². The van der Waals surface area contributed by atoms with Gasteiger partial charge in [-0.1, -0.05) is 29.8 Å². The summed E-state index contributed by atoms with van der Waals surface area (Å²) >= 11 is 6.06. The molecule has 0 spiro atoms. The fraction of sp³-hybridized carbons (Fsp3) is 0.412. The summed E-state index contributed by atoms with van der Waals surface area (Å²) in [5.41, 5.74) is 0.974. The molecule has 1 N–H and O–H groups in total. The smallest absolute Gasteiger partial charge is 0.263 e. The summed E-state index contributed by atoms with van der Waals surface area (Å²) in [6.07, 6.45) is 5.08. The van der Waals surface area contributed by atoms with Gasteiger partial charge in [0, 0.05) is 30.4 Å². The number of rotatable bonds is 4. The van der Waals surface area contributed by atoms with Crippen molar-refractivity contribution in [1.29, 1.82) is 5.26 Å². The van der Waals surface area contributed by atoms with Crippen molar-refractivity contribution in [3.05, 3.63) is 46.6 Å². The van der Waals surface area contributed by atoms with E-state index in [-0.39, 0.29) is 11.5 Å². The van der Waals surface area contributed by atoms with Crippen LogP contribution in [0.1, 0.15) is 31.7 Å². The first-order valence-corrected chi connectivity index (χ1v) is 7.89. The maximum absolute atomic E-state index is 12.2. The molecule has 1 atom stereocenters. The molecular formula is C17H20ClN3O. The first-order valence-electron chi connectivity index (χ1n) is 7.51. The number of halogens is 1. The van der Waals surface area contributed by atoms with Crippen LogP contribution < -0.4 is 5.32 Å². The highest BCUT2D eigenvalue weighted by atomic mass is 35.5.